The fourth-order valence-electron chi connectivity index (χ4n) is 3.15. The van der Waals surface area contributed by atoms with Crippen LogP contribution in [0.4, 0.5) is 0 Å². The number of nitrogens with one attached hydrogen (secondary N) is 1. The van der Waals surface area contributed by atoms with Gasteiger partial charge >= 0.3 is 0 Å². The van der Waals surface area contributed by atoms with E-state index in [0.717, 1.165) is 34.6 Å². The number of hydrogen-bond acceptors (Lipinski definition) is 6. The third-order valence-electron chi connectivity index (χ3n) is 4.52. The van der Waals surface area contributed by atoms with E-state index in [9.17, 15) is 4.79 Å². The minimum absolute atomic E-state index is 0.00283. The largest absolute Gasteiger partial charge is 0.312 e. The van der Waals surface area contributed by atoms with Crippen LogP contribution in [-0.2, 0) is 19.9 Å². The summed E-state index contributed by atoms with van der Waals surface area (Å²) in [6.45, 7) is 4.30. The number of hydrogen-bond donors (Lipinski definition) is 1. The fourth-order valence-corrected chi connectivity index (χ4v) is 5.39. The molecule has 4 rings (SSSR count). The summed E-state index contributed by atoms with van der Waals surface area (Å²) in [6.07, 6.45) is 4.87. The fraction of sp³-hybridized carbons (Fsp3) is 0.500. The van der Waals surface area contributed by atoms with Gasteiger partial charge in [0.2, 0.25) is 0 Å². The Hall–Kier alpha value is -1.67. The van der Waals surface area contributed by atoms with Gasteiger partial charge in [-0.3, -0.25) is 4.79 Å². The molecule has 0 aliphatic heterocycles. The van der Waals surface area contributed by atoms with Crippen LogP contribution in [0.3, 0.4) is 0 Å². The number of aryl methyl sites for hydroxylation is 2. The number of thiophene rings is 1. The van der Waals surface area contributed by atoms with E-state index < -0.39 is 0 Å². The minimum atomic E-state index is -0.00697. The zero-order valence-corrected chi connectivity index (χ0v) is 15.5. The van der Waals surface area contributed by atoms with Crippen molar-refractivity contribution in [1.29, 1.82) is 0 Å². The topological polar surface area (TPSA) is 76.5 Å². The van der Waals surface area contributed by atoms with Crippen molar-refractivity contribution in [3.8, 4) is 0 Å². The monoisotopic (exact) mass is 361 g/mol. The summed E-state index contributed by atoms with van der Waals surface area (Å²) in [5, 5.41) is 9.59. The molecule has 1 aliphatic rings. The molecule has 1 aliphatic carbocycles. The maximum atomic E-state index is 12.7. The Morgan fingerprint density at radius 3 is 3.08 bits per heavy atom. The molecule has 0 saturated heterocycles. The van der Waals surface area contributed by atoms with Gasteiger partial charge in [0.15, 0.2) is 5.16 Å². The summed E-state index contributed by atoms with van der Waals surface area (Å²) in [4.78, 5) is 22.6. The molecule has 2 atom stereocenters. The average molecular weight is 361 g/mol. The molecule has 3 heterocycles. The highest BCUT2D eigenvalue weighted by atomic mass is 32.2. The Morgan fingerprint density at radius 2 is 2.33 bits per heavy atom. The average Bonchev–Trinajstić information content (AvgIpc) is 3.10. The normalized spacial score (nSPS) is 18.7. The van der Waals surface area contributed by atoms with Gasteiger partial charge in [-0.2, -0.15) is 0 Å². The van der Waals surface area contributed by atoms with Crippen molar-refractivity contribution in [1.82, 2.24) is 24.7 Å². The first-order valence-electron chi connectivity index (χ1n) is 8.08. The van der Waals surface area contributed by atoms with Crippen molar-refractivity contribution in [3.63, 3.8) is 0 Å². The van der Waals surface area contributed by atoms with Gasteiger partial charge in [-0.1, -0.05) is 18.7 Å². The maximum Gasteiger partial charge on any atom is 0.259 e. The molecule has 0 spiro atoms. The minimum Gasteiger partial charge on any atom is -0.312 e. The molecule has 126 valence electrons. The van der Waals surface area contributed by atoms with Crippen LogP contribution in [0.2, 0.25) is 0 Å². The quantitative estimate of drug-likeness (QED) is 0.726. The second-order valence-electron chi connectivity index (χ2n) is 6.47. The van der Waals surface area contributed by atoms with Crippen LogP contribution in [0.15, 0.2) is 16.3 Å². The third kappa shape index (κ3) is 2.67. The molecule has 0 radical (unpaired) electrons. The van der Waals surface area contributed by atoms with E-state index in [4.69, 9.17) is 4.98 Å². The highest BCUT2D eigenvalue weighted by Gasteiger charge is 2.24. The van der Waals surface area contributed by atoms with Crippen LogP contribution in [-0.4, -0.2) is 24.7 Å². The summed E-state index contributed by atoms with van der Waals surface area (Å²) in [5.74, 6) is 1.39. The van der Waals surface area contributed by atoms with Gasteiger partial charge in [-0.15, -0.1) is 21.5 Å². The van der Waals surface area contributed by atoms with Gasteiger partial charge in [0, 0.05) is 11.9 Å². The Balaban J connectivity index is 1.73. The number of fused-ring (bicyclic) bond motifs is 3. The highest BCUT2D eigenvalue weighted by Crippen LogP contribution is 2.37. The molecule has 6 nitrogen and oxygen atoms in total. The molecule has 0 saturated carbocycles. The molecular formula is C16H19N5OS2. The summed E-state index contributed by atoms with van der Waals surface area (Å²) in [7, 11) is 1.91. The SMILES string of the molecule is C[C@H]1CCc2c(sc3nc([C@@H](C)Sc4nncn4C)[nH]c(=O)c23)C1. The van der Waals surface area contributed by atoms with E-state index in [1.165, 1.54) is 10.4 Å². The molecule has 3 aromatic rings. The van der Waals surface area contributed by atoms with Crippen molar-refractivity contribution >= 4 is 33.3 Å². The number of aromatic amines is 1. The van der Waals surface area contributed by atoms with Crippen molar-refractivity contribution in [2.75, 3.05) is 0 Å². The zero-order valence-electron chi connectivity index (χ0n) is 13.9. The predicted molar refractivity (Wildman–Crippen MR) is 96.7 cm³/mol. The van der Waals surface area contributed by atoms with Crippen molar-refractivity contribution < 1.29 is 0 Å². The molecule has 3 aromatic heterocycles. The van der Waals surface area contributed by atoms with E-state index >= 15 is 0 Å². The first-order chi connectivity index (χ1) is 11.5. The molecule has 0 fully saturated rings. The molecule has 0 unspecified atom stereocenters. The Labute approximate surface area is 147 Å². The Kier molecular flexibility index (Phi) is 3.96. The second kappa shape index (κ2) is 6.00. The summed E-state index contributed by atoms with van der Waals surface area (Å²) < 4.78 is 1.86. The smallest absolute Gasteiger partial charge is 0.259 e. The van der Waals surface area contributed by atoms with E-state index in [2.05, 4.69) is 22.1 Å². The third-order valence-corrected chi connectivity index (χ3v) is 6.83. The highest BCUT2D eigenvalue weighted by molar-refractivity contribution is 7.99. The summed E-state index contributed by atoms with van der Waals surface area (Å²) in [6, 6.07) is 0. The van der Waals surface area contributed by atoms with Gasteiger partial charge in [-0.05, 0) is 37.7 Å². The Morgan fingerprint density at radius 1 is 1.50 bits per heavy atom. The van der Waals surface area contributed by atoms with E-state index in [1.54, 1.807) is 29.4 Å². The van der Waals surface area contributed by atoms with Crippen molar-refractivity contribution in [2.45, 2.75) is 43.5 Å². The number of aromatic nitrogens is 5. The first kappa shape index (κ1) is 15.8. The van der Waals surface area contributed by atoms with E-state index in [1.807, 2.05) is 18.5 Å². The predicted octanol–water partition coefficient (Wildman–Crippen LogP) is 3.09. The second-order valence-corrected chi connectivity index (χ2v) is 8.86. The van der Waals surface area contributed by atoms with Crippen LogP contribution in [0.1, 0.15) is 41.8 Å². The molecular weight excluding hydrogens is 342 g/mol. The summed E-state index contributed by atoms with van der Waals surface area (Å²) >= 11 is 3.23. The van der Waals surface area contributed by atoms with Gasteiger partial charge in [0.1, 0.15) is 17.0 Å². The van der Waals surface area contributed by atoms with Gasteiger partial charge in [0.25, 0.3) is 5.56 Å². The molecule has 0 aromatic carbocycles. The first-order valence-corrected chi connectivity index (χ1v) is 9.77. The molecule has 8 heteroatoms. The maximum absolute atomic E-state index is 12.7. The van der Waals surface area contributed by atoms with Crippen molar-refractivity contribution in [2.24, 2.45) is 13.0 Å². The van der Waals surface area contributed by atoms with Crippen LogP contribution in [0.25, 0.3) is 10.2 Å². The van der Waals surface area contributed by atoms with E-state index in [0.29, 0.717) is 11.7 Å². The number of rotatable bonds is 3. The summed E-state index contributed by atoms with van der Waals surface area (Å²) in [5.41, 5.74) is 1.22. The lowest BCUT2D eigenvalue weighted by Gasteiger charge is -2.17. The van der Waals surface area contributed by atoms with Crippen LogP contribution >= 0.6 is 23.1 Å². The number of nitrogens with zero attached hydrogens (tertiary/aromatic N) is 4. The lowest BCUT2D eigenvalue weighted by atomic mass is 9.89. The van der Waals surface area contributed by atoms with Gasteiger partial charge in [0.05, 0.1) is 10.6 Å². The van der Waals surface area contributed by atoms with Gasteiger partial charge in [-0.25, -0.2) is 4.98 Å². The van der Waals surface area contributed by atoms with E-state index in [-0.39, 0.29) is 10.8 Å². The number of thioether (sulfide) groups is 1. The lowest BCUT2D eigenvalue weighted by Crippen LogP contribution is -2.15. The van der Waals surface area contributed by atoms with Gasteiger partial charge < -0.3 is 9.55 Å². The standard InChI is InChI=1S/C16H19N5OS2/c1-8-4-5-10-11(6-8)24-15-12(10)14(22)18-13(19-15)9(2)23-16-20-17-7-21(16)3/h7-9H,4-6H2,1-3H3,(H,18,19,22)/t8-,9+/m0/s1. The molecule has 24 heavy (non-hydrogen) atoms. The molecule has 0 amide bonds. The molecule has 0 bridgehead atoms. The van der Waals surface area contributed by atoms with Crippen LogP contribution in [0.5, 0.6) is 0 Å². The zero-order chi connectivity index (χ0) is 16.8. The van der Waals surface area contributed by atoms with Crippen molar-refractivity contribution in [3.05, 3.63) is 32.9 Å². The molecule has 1 N–H and O–H groups in total. The number of H-pyrrole nitrogens is 1. The van der Waals surface area contributed by atoms with Crippen LogP contribution < -0.4 is 5.56 Å². The van der Waals surface area contributed by atoms with Crippen LogP contribution in [0, 0.1) is 5.92 Å². The lowest BCUT2D eigenvalue weighted by molar-refractivity contribution is 0.509. The Bertz CT molecular complexity index is 957.